The molecule has 0 radical (unpaired) electrons. The van der Waals surface area contributed by atoms with E-state index in [1.54, 1.807) is 0 Å². The molecule has 0 unspecified atom stereocenters. The minimum Gasteiger partial charge on any atom is -0.359 e. The predicted molar refractivity (Wildman–Crippen MR) is 114 cm³/mol. The van der Waals surface area contributed by atoms with Gasteiger partial charge in [-0.2, -0.15) is 0 Å². The van der Waals surface area contributed by atoms with Crippen molar-refractivity contribution in [2.24, 2.45) is 0 Å². The molecule has 0 amide bonds. The summed E-state index contributed by atoms with van der Waals surface area (Å²) < 4.78 is 6.31. The highest BCUT2D eigenvalue weighted by Gasteiger charge is 2.09. The van der Waals surface area contributed by atoms with Crippen LogP contribution in [-0.4, -0.2) is 18.9 Å². The summed E-state index contributed by atoms with van der Waals surface area (Å²) in [6.07, 6.45) is 25.0. The fourth-order valence-electron chi connectivity index (χ4n) is 3.10. The second-order valence-electron chi connectivity index (χ2n) is 7.36. The number of rotatable bonds is 20. The zero-order valence-corrected chi connectivity index (χ0v) is 18.2. The van der Waals surface area contributed by atoms with Crippen molar-refractivity contribution >= 4 is 8.15 Å². The molecule has 0 saturated carbocycles. The third-order valence-corrected chi connectivity index (χ3v) is 6.97. The maximum absolute atomic E-state index is 6.31. The molecule has 0 fully saturated rings. The van der Waals surface area contributed by atoms with E-state index in [1.807, 2.05) is 0 Å². The molecular weight excluding hydrogens is 311 g/mol. The molecule has 24 heavy (non-hydrogen) atoms. The molecule has 0 saturated heterocycles. The highest BCUT2D eigenvalue weighted by atomic mass is 31.1. The Balaban J connectivity index is 3.74. The van der Waals surface area contributed by atoms with E-state index >= 15 is 0 Å². The Morgan fingerprint density at radius 1 is 0.458 bits per heavy atom. The molecule has 0 rings (SSSR count). The van der Waals surface area contributed by atoms with E-state index in [4.69, 9.17) is 4.52 Å². The first-order valence-corrected chi connectivity index (χ1v) is 12.9. The average molecular weight is 359 g/mol. The molecule has 1 nitrogen and oxygen atoms in total. The van der Waals surface area contributed by atoms with E-state index < -0.39 is 0 Å². The molecule has 0 N–H and O–H groups in total. The van der Waals surface area contributed by atoms with Crippen LogP contribution in [0.1, 0.15) is 124 Å². The van der Waals surface area contributed by atoms with Gasteiger partial charge in [0.15, 0.2) is 0 Å². The lowest BCUT2D eigenvalue weighted by molar-refractivity contribution is 0.334. The first kappa shape index (κ1) is 24.4. The summed E-state index contributed by atoms with van der Waals surface area (Å²) in [5.41, 5.74) is 0. The summed E-state index contributed by atoms with van der Waals surface area (Å²) in [5, 5.41) is 0. The van der Waals surface area contributed by atoms with Gasteiger partial charge in [0.05, 0.1) is 6.61 Å². The molecule has 0 aromatic heterocycles. The molecule has 146 valence electrons. The predicted octanol–water partition coefficient (Wildman–Crippen LogP) is 8.70. The standard InChI is InChI=1S/C22H47OP/c1-4-7-10-13-15-18-21-24(23-20-17-12-9-6-3)22-19-16-14-11-8-5-2/h4-22H2,1-3H3. The Morgan fingerprint density at radius 3 is 1.29 bits per heavy atom. The van der Waals surface area contributed by atoms with Crippen molar-refractivity contribution < 1.29 is 4.52 Å². The SMILES string of the molecule is CCCCCCCCP(CCCCCCCC)OCCCCCC. The van der Waals surface area contributed by atoms with Crippen LogP contribution in [0.5, 0.6) is 0 Å². The Kier molecular flexibility index (Phi) is 21.8. The van der Waals surface area contributed by atoms with Gasteiger partial charge in [-0.15, -0.1) is 0 Å². The van der Waals surface area contributed by atoms with Gasteiger partial charge in [0.2, 0.25) is 0 Å². The van der Waals surface area contributed by atoms with E-state index in [2.05, 4.69) is 20.8 Å². The van der Waals surface area contributed by atoms with E-state index in [9.17, 15) is 0 Å². The molecular formula is C22H47OP. The first-order chi connectivity index (χ1) is 11.8. The Labute approximate surface area is 155 Å². The van der Waals surface area contributed by atoms with Crippen molar-refractivity contribution in [3.63, 3.8) is 0 Å². The van der Waals surface area contributed by atoms with Gasteiger partial charge in [0, 0.05) is 8.15 Å². The van der Waals surface area contributed by atoms with Crippen LogP contribution in [0.15, 0.2) is 0 Å². The molecule has 0 aliphatic carbocycles. The van der Waals surface area contributed by atoms with Gasteiger partial charge in [0.25, 0.3) is 0 Å². The van der Waals surface area contributed by atoms with Crippen LogP contribution in [0.25, 0.3) is 0 Å². The summed E-state index contributed by atoms with van der Waals surface area (Å²) in [4.78, 5) is 0. The van der Waals surface area contributed by atoms with Crippen LogP contribution in [0.2, 0.25) is 0 Å². The van der Waals surface area contributed by atoms with Crippen LogP contribution in [0.4, 0.5) is 0 Å². The van der Waals surface area contributed by atoms with Crippen molar-refractivity contribution in [2.75, 3.05) is 18.9 Å². The highest BCUT2D eigenvalue weighted by molar-refractivity contribution is 7.52. The van der Waals surface area contributed by atoms with Crippen LogP contribution < -0.4 is 0 Å². The second kappa shape index (κ2) is 21.4. The molecule has 2 heteroatoms. The fraction of sp³-hybridized carbons (Fsp3) is 1.00. The molecule has 0 bridgehead atoms. The monoisotopic (exact) mass is 358 g/mol. The highest BCUT2D eigenvalue weighted by Crippen LogP contribution is 2.39. The lowest BCUT2D eigenvalue weighted by Gasteiger charge is -2.18. The van der Waals surface area contributed by atoms with Gasteiger partial charge in [-0.1, -0.05) is 104 Å². The zero-order valence-electron chi connectivity index (χ0n) is 17.3. The maximum atomic E-state index is 6.31. The summed E-state index contributed by atoms with van der Waals surface area (Å²) in [6.45, 7) is 7.90. The first-order valence-electron chi connectivity index (χ1n) is 11.2. The Bertz CT molecular complexity index is 204. The molecule has 0 aromatic carbocycles. The van der Waals surface area contributed by atoms with Crippen molar-refractivity contribution in [1.29, 1.82) is 0 Å². The normalized spacial score (nSPS) is 11.5. The van der Waals surface area contributed by atoms with E-state index in [1.165, 1.54) is 115 Å². The van der Waals surface area contributed by atoms with Crippen molar-refractivity contribution in [3.8, 4) is 0 Å². The number of unbranched alkanes of at least 4 members (excludes halogenated alkanes) is 13. The fourth-order valence-corrected chi connectivity index (χ4v) is 5.12. The molecule has 0 aromatic rings. The number of hydrogen-bond donors (Lipinski definition) is 0. The minimum atomic E-state index is -0.131. The van der Waals surface area contributed by atoms with Gasteiger partial charge >= 0.3 is 0 Å². The van der Waals surface area contributed by atoms with E-state index in [-0.39, 0.29) is 8.15 Å². The molecule has 0 spiro atoms. The van der Waals surface area contributed by atoms with Gasteiger partial charge in [0.1, 0.15) is 0 Å². The molecule has 0 atom stereocenters. The average Bonchev–Trinajstić information content (AvgIpc) is 2.60. The van der Waals surface area contributed by atoms with Gasteiger partial charge in [-0.05, 0) is 31.6 Å². The van der Waals surface area contributed by atoms with Crippen molar-refractivity contribution in [1.82, 2.24) is 0 Å². The Hall–Kier alpha value is 0.390. The summed E-state index contributed by atoms with van der Waals surface area (Å²) in [7, 11) is -0.131. The Morgan fingerprint density at radius 2 is 0.833 bits per heavy atom. The maximum Gasteiger partial charge on any atom is 0.0508 e. The van der Waals surface area contributed by atoms with E-state index in [0.717, 1.165) is 6.61 Å². The molecule has 0 aliphatic rings. The lowest BCUT2D eigenvalue weighted by atomic mass is 10.1. The second-order valence-corrected chi connectivity index (χ2v) is 9.47. The van der Waals surface area contributed by atoms with Gasteiger partial charge < -0.3 is 4.52 Å². The quantitative estimate of drug-likeness (QED) is 0.156. The van der Waals surface area contributed by atoms with Gasteiger partial charge in [-0.25, -0.2) is 0 Å². The lowest BCUT2D eigenvalue weighted by Crippen LogP contribution is -1.98. The minimum absolute atomic E-state index is 0.131. The third kappa shape index (κ3) is 18.7. The molecule has 0 heterocycles. The van der Waals surface area contributed by atoms with Crippen LogP contribution in [0, 0.1) is 0 Å². The van der Waals surface area contributed by atoms with Crippen LogP contribution >= 0.6 is 8.15 Å². The topological polar surface area (TPSA) is 9.23 Å². The van der Waals surface area contributed by atoms with Gasteiger partial charge in [-0.3, -0.25) is 0 Å². The largest absolute Gasteiger partial charge is 0.359 e. The summed E-state index contributed by atoms with van der Waals surface area (Å²) in [6, 6.07) is 0. The smallest absolute Gasteiger partial charge is 0.0508 e. The van der Waals surface area contributed by atoms with Crippen molar-refractivity contribution in [2.45, 2.75) is 124 Å². The third-order valence-electron chi connectivity index (χ3n) is 4.79. The summed E-state index contributed by atoms with van der Waals surface area (Å²) >= 11 is 0. The van der Waals surface area contributed by atoms with Crippen molar-refractivity contribution in [3.05, 3.63) is 0 Å². The summed E-state index contributed by atoms with van der Waals surface area (Å²) in [5.74, 6) is 0. The zero-order chi connectivity index (χ0) is 17.7. The van der Waals surface area contributed by atoms with E-state index in [0.29, 0.717) is 0 Å². The molecule has 0 aliphatic heterocycles. The van der Waals surface area contributed by atoms with Crippen LogP contribution in [-0.2, 0) is 4.52 Å². The van der Waals surface area contributed by atoms with Crippen LogP contribution in [0.3, 0.4) is 0 Å². The number of hydrogen-bond acceptors (Lipinski definition) is 1.